The molecule has 0 unspecified atom stereocenters. The van der Waals surface area contributed by atoms with Crippen molar-refractivity contribution in [2.45, 2.75) is 6.92 Å². The molecule has 0 aliphatic carbocycles. The van der Waals surface area contributed by atoms with Gasteiger partial charge < -0.3 is 15.2 Å². The summed E-state index contributed by atoms with van der Waals surface area (Å²) in [5.74, 6) is -1.45. The van der Waals surface area contributed by atoms with Gasteiger partial charge in [-0.2, -0.15) is 4.37 Å². The fraction of sp³-hybridized carbons (Fsp3) is 0.167. The largest absolute Gasteiger partial charge is 0.494 e. The molecule has 0 aliphatic heterocycles. The lowest BCUT2D eigenvalue weighted by molar-refractivity contribution is 0.0697. The van der Waals surface area contributed by atoms with Gasteiger partial charge >= 0.3 is 5.97 Å². The number of carbonyl (C=O) groups is 1. The first-order chi connectivity index (χ1) is 9.02. The van der Waals surface area contributed by atoms with Gasteiger partial charge in [0.15, 0.2) is 11.6 Å². The lowest BCUT2D eigenvalue weighted by Crippen LogP contribution is -2.01. The van der Waals surface area contributed by atoms with Crippen molar-refractivity contribution in [1.29, 1.82) is 0 Å². The fourth-order valence-electron chi connectivity index (χ4n) is 1.58. The van der Waals surface area contributed by atoms with E-state index in [-0.39, 0.29) is 11.3 Å². The number of halogens is 1. The molecule has 0 saturated carbocycles. The number of nitrogens with zero attached hydrogens (tertiary/aromatic N) is 1. The lowest BCUT2D eigenvalue weighted by atomic mass is 10.2. The number of benzene rings is 1. The number of rotatable bonds is 4. The molecule has 0 saturated heterocycles. The van der Waals surface area contributed by atoms with Crippen LogP contribution in [-0.4, -0.2) is 22.6 Å². The molecule has 1 aromatic heterocycles. The summed E-state index contributed by atoms with van der Waals surface area (Å²) >= 11 is 1.04. The van der Waals surface area contributed by atoms with E-state index in [4.69, 9.17) is 9.84 Å². The number of hydrogen-bond acceptors (Lipinski definition) is 5. The summed E-state index contributed by atoms with van der Waals surface area (Å²) in [4.78, 5) is 11.1. The van der Waals surface area contributed by atoms with E-state index in [9.17, 15) is 9.18 Å². The Hall–Kier alpha value is -2.15. The van der Waals surface area contributed by atoms with Gasteiger partial charge in [0.05, 0.1) is 12.8 Å². The summed E-state index contributed by atoms with van der Waals surface area (Å²) in [6, 6.07) is 4.20. The first kappa shape index (κ1) is 13.3. The van der Waals surface area contributed by atoms with Gasteiger partial charge in [0, 0.05) is 11.8 Å². The molecule has 0 bridgehead atoms. The number of methoxy groups -OCH3 is 1. The van der Waals surface area contributed by atoms with Gasteiger partial charge in [0.25, 0.3) is 0 Å². The predicted molar refractivity (Wildman–Crippen MR) is 70.0 cm³/mol. The third-order valence-corrected chi connectivity index (χ3v) is 3.34. The number of ether oxygens (including phenoxy) is 1. The molecule has 2 aromatic rings. The van der Waals surface area contributed by atoms with Crippen LogP contribution in [0.1, 0.15) is 16.1 Å². The van der Waals surface area contributed by atoms with E-state index in [1.165, 1.54) is 25.3 Å². The topological polar surface area (TPSA) is 71.5 Å². The molecule has 0 atom stereocenters. The minimum Gasteiger partial charge on any atom is -0.494 e. The molecule has 7 heteroatoms. The van der Waals surface area contributed by atoms with Gasteiger partial charge in [0.2, 0.25) is 0 Å². The first-order valence-electron chi connectivity index (χ1n) is 5.33. The Balaban J connectivity index is 2.34. The molecule has 2 N–H and O–H groups in total. The Morgan fingerprint density at radius 3 is 2.89 bits per heavy atom. The molecule has 0 amide bonds. The van der Waals surface area contributed by atoms with Crippen LogP contribution < -0.4 is 10.1 Å². The number of hydrogen-bond donors (Lipinski definition) is 2. The van der Waals surface area contributed by atoms with Crippen molar-refractivity contribution in [1.82, 2.24) is 4.37 Å². The number of aryl methyl sites for hydroxylation is 1. The summed E-state index contributed by atoms with van der Waals surface area (Å²) in [5, 5.41) is 12.4. The molecule has 0 aliphatic rings. The van der Waals surface area contributed by atoms with Crippen molar-refractivity contribution in [3.8, 4) is 5.75 Å². The van der Waals surface area contributed by atoms with Gasteiger partial charge in [0.1, 0.15) is 10.6 Å². The second kappa shape index (κ2) is 5.23. The van der Waals surface area contributed by atoms with Gasteiger partial charge in [-0.15, -0.1) is 0 Å². The Bertz CT molecular complexity index is 627. The van der Waals surface area contributed by atoms with Crippen LogP contribution in [0.15, 0.2) is 18.2 Å². The molecule has 19 heavy (non-hydrogen) atoms. The number of carboxylic acid groups (broad SMARTS) is 1. The zero-order chi connectivity index (χ0) is 14.0. The minimum absolute atomic E-state index is 0.0862. The number of anilines is 2. The highest BCUT2D eigenvalue weighted by Gasteiger charge is 2.17. The number of nitrogens with one attached hydrogen (secondary N) is 1. The highest BCUT2D eigenvalue weighted by molar-refractivity contribution is 7.10. The van der Waals surface area contributed by atoms with Gasteiger partial charge in [-0.3, -0.25) is 0 Å². The minimum atomic E-state index is -1.05. The standard InChI is InChI=1S/C12H11FN2O3S/c1-6-10(12(16)17)11(19-15-6)14-7-3-4-8(13)9(5-7)18-2/h3-5,14H,1-2H3,(H,16,17). The molecule has 0 fully saturated rings. The van der Waals surface area contributed by atoms with Crippen LogP contribution in [0.3, 0.4) is 0 Å². The van der Waals surface area contributed by atoms with E-state index in [1.807, 2.05) is 0 Å². The van der Waals surface area contributed by atoms with E-state index in [1.54, 1.807) is 6.92 Å². The zero-order valence-electron chi connectivity index (χ0n) is 10.2. The summed E-state index contributed by atoms with van der Waals surface area (Å²) in [6.45, 7) is 1.62. The van der Waals surface area contributed by atoms with E-state index in [0.29, 0.717) is 16.4 Å². The van der Waals surface area contributed by atoms with Crippen LogP contribution in [0.5, 0.6) is 5.75 Å². The van der Waals surface area contributed by atoms with E-state index < -0.39 is 11.8 Å². The molecule has 0 radical (unpaired) electrons. The fourth-order valence-corrected chi connectivity index (χ4v) is 2.38. The van der Waals surface area contributed by atoms with Crippen LogP contribution in [-0.2, 0) is 0 Å². The summed E-state index contributed by atoms with van der Waals surface area (Å²) in [7, 11) is 1.36. The Labute approximate surface area is 112 Å². The van der Waals surface area contributed by atoms with Gasteiger partial charge in [-0.1, -0.05) is 0 Å². The van der Waals surface area contributed by atoms with Gasteiger partial charge in [-0.25, -0.2) is 9.18 Å². The molecule has 1 heterocycles. The SMILES string of the molecule is COc1cc(Nc2snc(C)c2C(=O)O)ccc1F. The average molecular weight is 282 g/mol. The van der Waals surface area contributed by atoms with E-state index >= 15 is 0 Å². The molecular weight excluding hydrogens is 271 g/mol. The van der Waals surface area contributed by atoms with Crippen molar-refractivity contribution in [3.05, 3.63) is 35.3 Å². The third kappa shape index (κ3) is 2.65. The number of aromatic carboxylic acids is 1. The maximum Gasteiger partial charge on any atom is 0.340 e. The second-order valence-electron chi connectivity index (χ2n) is 3.75. The smallest absolute Gasteiger partial charge is 0.340 e. The molecular formula is C12H11FN2O3S. The highest BCUT2D eigenvalue weighted by Crippen LogP contribution is 2.30. The zero-order valence-corrected chi connectivity index (χ0v) is 11.0. The van der Waals surface area contributed by atoms with Crippen LogP contribution >= 0.6 is 11.5 Å². The maximum absolute atomic E-state index is 13.3. The van der Waals surface area contributed by atoms with Crippen LogP contribution in [0, 0.1) is 12.7 Å². The van der Waals surface area contributed by atoms with Crippen LogP contribution in [0.25, 0.3) is 0 Å². The van der Waals surface area contributed by atoms with Crippen molar-refractivity contribution in [2.24, 2.45) is 0 Å². The molecule has 100 valence electrons. The number of aromatic nitrogens is 1. The monoisotopic (exact) mass is 282 g/mol. The quantitative estimate of drug-likeness (QED) is 0.901. The van der Waals surface area contributed by atoms with Crippen molar-refractivity contribution >= 4 is 28.2 Å². The lowest BCUT2D eigenvalue weighted by Gasteiger charge is -2.07. The molecule has 5 nitrogen and oxygen atoms in total. The summed E-state index contributed by atoms with van der Waals surface area (Å²) < 4.78 is 22.1. The van der Waals surface area contributed by atoms with Crippen LogP contribution in [0.2, 0.25) is 0 Å². The Morgan fingerprint density at radius 1 is 1.53 bits per heavy atom. The summed E-state index contributed by atoms with van der Waals surface area (Å²) in [6.07, 6.45) is 0. The van der Waals surface area contributed by atoms with Crippen LogP contribution in [0.4, 0.5) is 15.1 Å². The number of carboxylic acids is 1. The normalized spacial score (nSPS) is 10.3. The predicted octanol–water partition coefficient (Wildman–Crippen LogP) is 3.04. The molecule has 2 rings (SSSR count). The maximum atomic E-state index is 13.3. The second-order valence-corrected chi connectivity index (χ2v) is 4.52. The third-order valence-electron chi connectivity index (χ3n) is 2.49. The molecule has 0 spiro atoms. The Kier molecular flexibility index (Phi) is 3.66. The van der Waals surface area contributed by atoms with E-state index in [0.717, 1.165) is 11.5 Å². The summed E-state index contributed by atoms with van der Waals surface area (Å²) in [5.41, 5.74) is 1.09. The van der Waals surface area contributed by atoms with Gasteiger partial charge in [-0.05, 0) is 30.6 Å². The molecule has 1 aromatic carbocycles. The van der Waals surface area contributed by atoms with E-state index in [2.05, 4.69) is 9.69 Å². The van der Waals surface area contributed by atoms with Crippen molar-refractivity contribution < 1.29 is 19.0 Å². The highest BCUT2D eigenvalue weighted by atomic mass is 32.1. The van der Waals surface area contributed by atoms with Crippen molar-refractivity contribution in [3.63, 3.8) is 0 Å². The average Bonchev–Trinajstić information content (AvgIpc) is 2.73. The Morgan fingerprint density at radius 2 is 2.26 bits per heavy atom. The first-order valence-corrected chi connectivity index (χ1v) is 6.10. The van der Waals surface area contributed by atoms with Crippen molar-refractivity contribution in [2.75, 3.05) is 12.4 Å².